The Morgan fingerprint density at radius 3 is 2.52 bits per heavy atom. The molecule has 4 rings (SSSR count). The summed E-state index contributed by atoms with van der Waals surface area (Å²) in [6.07, 6.45) is 2.56. The van der Waals surface area contributed by atoms with Gasteiger partial charge in [-0.3, -0.25) is 9.59 Å². The highest BCUT2D eigenvalue weighted by Crippen LogP contribution is 2.35. The van der Waals surface area contributed by atoms with Crippen molar-refractivity contribution in [2.45, 2.75) is 18.9 Å². The zero-order valence-electron chi connectivity index (χ0n) is 14.8. The van der Waals surface area contributed by atoms with Gasteiger partial charge < -0.3 is 10.6 Å². The minimum absolute atomic E-state index is 0.0729. The van der Waals surface area contributed by atoms with Crippen molar-refractivity contribution in [3.63, 3.8) is 0 Å². The molecule has 1 unspecified atom stereocenters. The van der Waals surface area contributed by atoms with E-state index >= 15 is 0 Å². The number of hydrogen-bond acceptors (Lipinski definition) is 3. The van der Waals surface area contributed by atoms with Gasteiger partial charge >= 0.3 is 0 Å². The van der Waals surface area contributed by atoms with Crippen molar-refractivity contribution in [3.05, 3.63) is 72.4 Å². The van der Waals surface area contributed by atoms with E-state index in [1.54, 1.807) is 10.9 Å². The summed E-state index contributed by atoms with van der Waals surface area (Å²) in [7, 11) is 0. The van der Waals surface area contributed by atoms with Gasteiger partial charge in [-0.25, -0.2) is 4.68 Å². The van der Waals surface area contributed by atoms with Crippen molar-refractivity contribution in [1.82, 2.24) is 15.1 Å². The molecule has 27 heavy (non-hydrogen) atoms. The number of carbonyl (C=O) groups is 2. The van der Waals surface area contributed by atoms with Crippen LogP contribution in [0.2, 0.25) is 0 Å². The number of carbonyl (C=O) groups excluding carboxylic acids is 2. The van der Waals surface area contributed by atoms with Gasteiger partial charge in [-0.1, -0.05) is 60.7 Å². The van der Waals surface area contributed by atoms with Crippen LogP contribution in [0, 0.1) is 0 Å². The smallest absolute Gasteiger partial charge is 0.251 e. The molecule has 2 N–H and O–H groups in total. The Labute approximate surface area is 157 Å². The quantitative estimate of drug-likeness (QED) is 0.710. The van der Waals surface area contributed by atoms with Crippen LogP contribution >= 0.6 is 0 Å². The van der Waals surface area contributed by atoms with Crippen molar-refractivity contribution >= 4 is 17.6 Å². The minimum Gasteiger partial charge on any atom is -0.356 e. The Hall–Kier alpha value is -3.41. The van der Waals surface area contributed by atoms with Gasteiger partial charge in [0.2, 0.25) is 5.91 Å². The number of fused-ring (bicyclic) bond motifs is 1. The maximum Gasteiger partial charge on any atom is 0.251 e. The number of benzene rings is 2. The molecule has 1 atom stereocenters. The summed E-state index contributed by atoms with van der Waals surface area (Å²) in [6, 6.07) is 19.1. The molecule has 2 heterocycles. The van der Waals surface area contributed by atoms with Crippen molar-refractivity contribution in [3.8, 4) is 11.1 Å². The lowest BCUT2D eigenvalue weighted by atomic mass is 10.1. The molecule has 0 aliphatic carbocycles. The van der Waals surface area contributed by atoms with Crippen LogP contribution in [0.4, 0.5) is 5.82 Å². The van der Waals surface area contributed by atoms with Crippen LogP contribution in [0.25, 0.3) is 11.1 Å². The molecule has 1 aliphatic heterocycles. The summed E-state index contributed by atoms with van der Waals surface area (Å²) in [5.74, 6) is 0.289. The lowest BCUT2D eigenvalue weighted by Gasteiger charge is -2.10. The van der Waals surface area contributed by atoms with Crippen molar-refractivity contribution < 1.29 is 9.59 Å². The lowest BCUT2D eigenvalue weighted by Crippen LogP contribution is -2.30. The van der Waals surface area contributed by atoms with Crippen molar-refractivity contribution in [2.75, 3.05) is 11.9 Å². The number of aromatic nitrogens is 2. The van der Waals surface area contributed by atoms with Crippen LogP contribution in [-0.2, 0) is 16.0 Å². The zero-order valence-corrected chi connectivity index (χ0v) is 14.8. The Balaban J connectivity index is 1.40. The van der Waals surface area contributed by atoms with E-state index in [0.29, 0.717) is 12.4 Å². The van der Waals surface area contributed by atoms with Crippen LogP contribution in [-0.4, -0.2) is 28.1 Å². The molecule has 6 nitrogen and oxygen atoms in total. The summed E-state index contributed by atoms with van der Waals surface area (Å²) in [5.41, 5.74) is 3.00. The molecule has 6 heteroatoms. The highest BCUT2D eigenvalue weighted by atomic mass is 16.2. The third kappa shape index (κ3) is 3.60. The predicted octanol–water partition coefficient (Wildman–Crippen LogP) is 2.79. The van der Waals surface area contributed by atoms with Crippen LogP contribution < -0.4 is 10.6 Å². The van der Waals surface area contributed by atoms with Crippen LogP contribution in [0.1, 0.15) is 18.0 Å². The first-order valence-electron chi connectivity index (χ1n) is 8.97. The maximum atomic E-state index is 12.4. The average Bonchev–Trinajstić information content (AvgIpc) is 3.23. The molecule has 2 aromatic carbocycles. The first-order chi connectivity index (χ1) is 13.2. The van der Waals surface area contributed by atoms with Crippen LogP contribution in [0.5, 0.6) is 0 Å². The summed E-state index contributed by atoms with van der Waals surface area (Å²) in [4.78, 5) is 24.6. The number of amides is 2. The van der Waals surface area contributed by atoms with Gasteiger partial charge in [-0.05, 0) is 17.5 Å². The molecule has 0 saturated carbocycles. The van der Waals surface area contributed by atoms with E-state index in [1.807, 2.05) is 60.7 Å². The van der Waals surface area contributed by atoms with Crippen molar-refractivity contribution in [2.24, 2.45) is 0 Å². The average molecular weight is 360 g/mol. The fourth-order valence-corrected chi connectivity index (χ4v) is 3.28. The molecular weight excluding hydrogens is 340 g/mol. The SMILES string of the molecule is O=C(CC1C(=O)Nc2c(-c3ccccc3)cnn21)NCCc1ccccc1. The maximum absolute atomic E-state index is 12.4. The number of nitrogens with zero attached hydrogens (tertiary/aromatic N) is 2. The largest absolute Gasteiger partial charge is 0.356 e. The van der Waals surface area contributed by atoms with Gasteiger partial charge in [-0.15, -0.1) is 0 Å². The van der Waals surface area contributed by atoms with Gasteiger partial charge in [0, 0.05) is 12.1 Å². The molecule has 0 radical (unpaired) electrons. The fraction of sp³-hybridized carbons (Fsp3) is 0.190. The van der Waals surface area contributed by atoms with Gasteiger partial charge in [0.15, 0.2) is 0 Å². The Morgan fingerprint density at radius 2 is 1.78 bits per heavy atom. The molecular formula is C21H20N4O2. The third-order valence-electron chi connectivity index (χ3n) is 4.68. The molecule has 0 spiro atoms. The highest BCUT2D eigenvalue weighted by Gasteiger charge is 2.34. The summed E-state index contributed by atoms with van der Waals surface area (Å²) >= 11 is 0. The Kier molecular flexibility index (Phi) is 4.70. The minimum atomic E-state index is -0.616. The summed E-state index contributed by atoms with van der Waals surface area (Å²) in [5, 5.41) is 10.1. The van der Waals surface area contributed by atoms with Gasteiger partial charge in [0.25, 0.3) is 5.91 Å². The van der Waals surface area contributed by atoms with Gasteiger partial charge in [-0.2, -0.15) is 5.10 Å². The van der Waals surface area contributed by atoms with Gasteiger partial charge in [0.1, 0.15) is 11.9 Å². The summed E-state index contributed by atoms with van der Waals surface area (Å²) in [6.45, 7) is 0.540. The number of nitrogens with one attached hydrogen (secondary N) is 2. The normalized spacial score (nSPS) is 15.3. The monoisotopic (exact) mass is 360 g/mol. The molecule has 2 amide bonds. The van der Waals surface area contributed by atoms with E-state index in [-0.39, 0.29) is 18.2 Å². The van der Waals surface area contributed by atoms with E-state index in [0.717, 1.165) is 17.5 Å². The lowest BCUT2D eigenvalue weighted by molar-refractivity contribution is -0.126. The second-order valence-electron chi connectivity index (χ2n) is 6.51. The second kappa shape index (κ2) is 7.45. The highest BCUT2D eigenvalue weighted by molar-refractivity contribution is 6.02. The first kappa shape index (κ1) is 17.0. The molecule has 0 fully saturated rings. The molecule has 136 valence electrons. The summed E-state index contributed by atoms with van der Waals surface area (Å²) < 4.78 is 1.61. The molecule has 1 aliphatic rings. The third-order valence-corrected chi connectivity index (χ3v) is 4.68. The van der Waals surface area contributed by atoms with Gasteiger partial charge in [0.05, 0.1) is 12.6 Å². The van der Waals surface area contributed by atoms with Crippen molar-refractivity contribution in [1.29, 1.82) is 0 Å². The number of rotatable bonds is 6. The molecule has 3 aromatic rings. The topological polar surface area (TPSA) is 76.0 Å². The van der Waals surface area contributed by atoms with E-state index in [4.69, 9.17) is 0 Å². The number of anilines is 1. The predicted molar refractivity (Wildman–Crippen MR) is 103 cm³/mol. The van der Waals surface area contributed by atoms with E-state index in [2.05, 4.69) is 15.7 Å². The number of hydrogen-bond donors (Lipinski definition) is 2. The van der Waals surface area contributed by atoms with E-state index in [1.165, 1.54) is 5.56 Å². The first-order valence-corrected chi connectivity index (χ1v) is 8.97. The zero-order chi connectivity index (χ0) is 18.6. The fourth-order valence-electron chi connectivity index (χ4n) is 3.28. The van der Waals surface area contributed by atoms with Crippen LogP contribution in [0.15, 0.2) is 66.9 Å². The Morgan fingerprint density at radius 1 is 1.07 bits per heavy atom. The molecule has 0 saturated heterocycles. The standard InChI is InChI=1S/C21H20N4O2/c26-19(22-12-11-15-7-3-1-4-8-15)13-18-21(27)24-20-17(14-23-25(18)20)16-9-5-2-6-10-16/h1-10,14,18H,11-13H2,(H,22,26)(H,24,27). The Bertz CT molecular complexity index is 951. The molecule has 0 bridgehead atoms. The molecule has 1 aromatic heterocycles. The van der Waals surface area contributed by atoms with E-state index < -0.39 is 6.04 Å². The second-order valence-corrected chi connectivity index (χ2v) is 6.51. The van der Waals surface area contributed by atoms with E-state index in [9.17, 15) is 9.59 Å². The van der Waals surface area contributed by atoms with Crippen LogP contribution in [0.3, 0.4) is 0 Å².